The summed E-state index contributed by atoms with van der Waals surface area (Å²) < 4.78 is 5.37. The normalized spacial score (nSPS) is 12.3. The third-order valence-electron chi connectivity index (χ3n) is 2.77. The molecule has 0 aliphatic carbocycles. The molecule has 88 valence electrons. The Morgan fingerprint density at radius 2 is 2.00 bits per heavy atom. The number of furan rings is 1. The molecule has 2 aromatic rings. The highest BCUT2D eigenvalue weighted by atomic mass is 16.3. The van der Waals surface area contributed by atoms with E-state index in [-0.39, 0.29) is 18.2 Å². The molecular weight excluding hydrogens is 214 g/mol. The van der Waals surface area contributed by atoms with Crippen molar-refractivity contribution in [2.75, 3.05) is 0 Å². The summed E-state index contributed by atoms with van der Waals surface area (Å²) in [6, 6.07) is 11.7. The van der Waals surface area contributed by atoms with Crippen molar-refractivity contribution in [1.82, 2.24) is 0 Å². The molecule has 1 aromatic carbocycles. The van der Waals surface area contributed by atoms with Gasteiger partial charge in [-0.2, -0.15) is 0 Å². The van der Waals surface area contributed by atoms with Crippen molar-refractivity contribution in [3.63, 3.8) is 0 Å². The van der Waals surface area contributed by atoms with E-state index in [2.05, 4.69) is 0 Å². The Hall–Kier alpha value is -2.03. The highest BCUT2D eigenvalue weighted by Crippen LogP contribution is 2.28. The lowest BCUT2D eigenvalue weighted by molar-refractivity contribution is -0.118. The molecule has 0 saturated heterocycles. The van der Waals surface area contributed by atoms with E-state index in [1.807, 2.05) is 43.3 Å². The van der Waals surface area contributed by atoms with Crippen molar-refractivity contribution >= 4 is 5.91 Å². The minimum Gasteiger partial charge on any atom is -0.469 e. The highest BCUT2D eigenvalue weighted by molar-refractivity contribution is 5.75. The maximum Gasteiger partial charge on any atom is 0.218 e. The summed E-state index contributed by atoms with van der Waals surface area (Å²) in [6.07, 6.45) is 1.87. The molecule has 2 rings (SSSR count). The Balaban J connectivity index is 2.33. The van der Waals surface area contributed by atoms with E-state index < -0.39 is 0 Å². The lowest BCUT2D eigenvalue weighted by Crippen LogP contribution is -2.15. The maximum atomic E-state index is 11.1. The van der Waals surface area contributed by atoms with Crippen LogP contribution in [-0.4, -0.2) is 5.91 Å². The van der Waals surface area contributed by atoms with Gasteiger partial charge in [0, 0.05) is 6.42 Å². The number of nitrogens with two attached hydrogens (primary N) is 1. The number of aryl methyl sites for hydroxylation is 1. The van der Waals surface area contributed by atoms with Gasteiger partial charge in [-0.15, -0.1) is 0 Å². The first-order valence-corrected chi connectivity index (χ1v) is 5.55. The van der Waals surface area contributed by atoms with Gasteiger partial charge >= 0.3 is 0 Å². The molecule has 0 aliphatic heterocycles. The molecule has 1 amide bonds. The van der Waals surface area contributed by atoms with Gasteiger partial charge in [0.25, 0.3) is 0 Å². The third-order valence-corrected chi connectivity index (χ3v) is 2.77. The zero-order chi connectivity index (χ0) is 12.3. The molecule has 0 aliphatic rings. The molecule has 0 radical (unpaired) electrons. The average molecular weight is 229 g/mol. The molecule has 3 heteroatoms. The van der Waals surface area contributed by atoms with Gasteiger partial charge < -0.3 is 10.2 Å². The van der Waals surface area contributed by atoms with E-state index in [4.69, 9.17) is 10.2 Å². The van der Waals surface area contributed by atoms with Gasteiger partial charge in [-0.1, -0.05) is 29.8 Å². The Bertz CT molecular complexity index is 485. The fourth-order valence-electron chi connectivity index (χ4n) is 1.87. The molecule has 1 aromatic heterocycles. The van der Waals surface area contributed by atoms with E-state index in [0.717, 1.165) is 11.3 Å². The van der Waals surface area contributed by atoms with E-state index >= 15 is 0 Å². The SMILES string of the molecule is Cc1ccc([C@@H](CC(N)=O)c2ccco2)cc1. The van der Waals surface area contributed by atoms with Crippen LogP contribution in [0.1, 0.15) is 29.2 Å². The zero-order valence-corrected chi connectivity index (χ0v) is 9.72. The summed E-state index contributed by atoms with van der Waals surface area (Å²) in [5.74, 6) is 0.350. The van der Waals surface area contributed by atoms with Crippen LogP contribution in [0.4, 0.5) is 0 Å². The quantitative estimate of drug-likeness (QED) is 0.876. The largest absolute Gasteiger partial charge is 0.469 e. The van der Waals surface area contributed by atoms with Crippen molar-refractivity contribution < 1.29 is 9.21 Å². The lowest BCUT2D eigenvalue weighted by Gasteiger charge is -2.13. The first kappa shape index (κ1) is 11.5. The number of rotatable bonds is 4. The number of carbonyl (C=O) groups excluding carboxylic acids is 1. The number of carbonyl (C=O) groups is 1. The second kappa shape index (κ2) is 4.87. The molecule has 0 bridgehead atoms. The van der Waals surface area contributed by atoms with E-state index in [0.29, 0.717) is 0 Å². The zero-order valence-electron chi connectivity index (χ0n) is 9.72. The van der Waals surface area contributed by atoms with Gasteiger partial charge in [0.15, 0.2) is 0 Å². The summed E-state index contributed by atoms with van der Waals surface area (Å²) in [4.78, 5) is 11.1. The standard InChI is InChI=1S/C14H15NO2/c1-10-4-6-11(7-5-10)12(9-14(15)16)13-3-2-8-17-13/h2-8,12H,9H2,1H3,(H2,15,16)/t12-/m1/s1. The first-order valence-electron chi connectivity index (χ1n) is 5.55. The molecule has 17 heavy (non-hydrogen) atoms. The third kappa shape index (κ3) is 2.75. The fourth-order valence-corrected chi connectivity index (χ4v) is 1.87. The van der Waals surface area contributed by atoms with E-state index in [9.17, 15) is 4.79 Å². The van der Waals surface area contributed by atoms with Crippen LogP contribution in [0.25, 0.3) is 0 Å². The van der Waals surface area contributed by atoms with Gasteiger partial charge in [0.05, 0.1) is 12.2 Å². The van der Waals surface area contributed by atoms with Crippen LogP contribution >= 0.6 is 0 Å². The number of benzene rings is 1. The molecule has 0 fully saturated rings. The summed E-state index contributed by atoms with van der Waals surface area (Å²) in [5.41, 5.74) is 7.52. The van der Waals surface area contributed by atoms with Gasteiger partial charge in [-0.05, 0) is 24.6 Å². The van der Waals surface area contributed by atoms with Crippen LogP contribution in [0.3, 0.4) is 0 Å². The van der Waals surface area contributed by atoms with Crippen LogP contribution in [0, 0.1) is 6.92 Å². The molecule has 1 atom stereocenters. The number of primary amides is 1. The predicted octanol–water partition coefficient (Wildman–Crippen LogP) is 2.60. The predicted molar refractivity (Wildman–Crippen MR) is 65.5 cm³/mol. The minimum atomic E-state index is -0.327. The van der Waals surface area contributed by atoms with Crippen LogP contribution in [0.2, 0.25) is 0 Å². The summed E-state index contributed by atoms with van der Waals surface area (Å²) in [7, 11) is 0. The molecule has 0 unspecified atom stereocenters. The summed E-state index contributed by atoms with van der Waals surface area (Å²) in [5, 5.41) is 0. The van der Waals surface area contributed by atoms with Gasteiger partial charge in [0.2, 0.25) is 5.91 Å². The van der Waals surface area contributed by atoms with Crippen molar-refractivity contribution in [2.45, 2.75) is 19.3 Å². The first-order chi connectivity index (χ1) is 8.16. The van der Waals surface area contributed by atoms with Crippen molar-refractivity contribution in [1.29, 1.82) is 0 Å². The summed E-state index contributed by atoms with van der Waals surface area (Å²) in [6.45, 7) is 2.03. The molecule has 0 spiro atoms. The summed E-state index contributed by atoms with van der Waals surface area (Å²) >= 11 is 0. The topological polar surface area (TPSA) is 56.2 Å². The highest BCUT2D eigenvalue weighted by Gasteiger charge is 2.19. The van der Waals surface area contributed by atoms with Gasteiger partial charge in [-0.3, -0.25) is 4.79 Å². The fraction of sp³-hybridized carbons (Fsp3) is 0.214. The molecule has 1 heterocycles. The number of amides is 1. The Morgan fingerprint density at radius 3 is 2.53 bits per heavy atom. The Morgan fingerprint density at radius 1 is 1.29 bits per heavy atom. The minimum absolute atomic E-state index is 0.0944. The van der Waals surface area contributed by atoms with Crippen LogP contribution in [0.15, 0.2) is 47.1 Å². The van der Waals surface area contributed by atoms with E-state index in [1.165, 1.54) is 5.56 Å². The van der Waals surface area contributed by atoms with Crippen molar-refractivity contribution in [2.24, 2.45) is 5.73 Å². The van der Waals surface area contributed by atoms with E-state index in [1.54, 1.807) is 6.26 Å². The second-order valence-corrected chi connectivity index (χ2v) is 4.15. The van der Waals surface area contributed by atoms with Crippen LogP contribution in [0.5, 0.6) is 0 Å². The second-order valence-electron chi connectivity index (χ2n) is 4.15. The smallest absolute Gasteiger partial charge is 0.218 e. The Labute approximate surface area is 100 Å². The molecule has 3 nitrogen and oxygen atoms in total. The molecule has 0 saturated carbocycles. The monoisotopic (exact) mass is 229 g/mol. The van der Waals surface area contributed by atoms with Crippen molar-refractivity contribution in [3.05, 3.63) is 59.5 Å². The number of hydrogen-bond donors (Lipinski definition) is 1. The maximum absolute atomic E-state index is 11.1. The lowest BCUT2D eigenvalue weighted by atomic mass is 9.92. The van der Waals surface area contributed by atoms with Gasteiger partial charge in [0.1, 0.15) is 5.76 Å². The molecular formula is C14H15NO2. The molecule has 2 N–H and O–H groups in total. The number of hydrogen-bond acceptors (Lipinski definition) is 2. The Kier molecular flexibility index (Phi) is 3.28. The van der Waals surface area contributed by atoms with Crippen LogP contribution in [-0.2, 0) is 4.79 Å². The van der Waals surface area contributed by atoms with Crippen molar-refractivity contribution in [3.8, 4) is 0 Å². The van der Waals surface area contributed by atoms with Gasteiger partial charge in [-0.25, -0.2) is 0 Å². The van der Waals surface area contributed by atoms with Crippen LogP contribution < -0.4 is 5.73 Å². The average Bonchev–Trinajstić information content (AvgIpc) is 2.80.